The van der Waals surface area contributed by atoms with Crippen molar-refractivity contribution in [3.63, 3.8) is 0 Å². The molecule has 0 unspecified atom stereocenters. The van der Waals surface area contributed by atoms with E-state index in [0.29, 0.717) is 32.8 Å². The third-order valence-corrected chi connectivity index (χ3v) is 6.32. The molecule has 9 heteroatoms. The Morgan fingerprint density at radius 1 is 1.24 bits per heavy atom. The molecule has 1 aromatic carbocycles. The molecule has 5 nitrogen and oxygen atoms in total. The number of halogens is 2. The lowest BCUT2D eigenvalue weighted by atomic mass is 10.2. The van der Waals surface area contributed by atoms with Crippen LogP contribution in [-0.4, -0.2) is 27.6 Å². The topological polar surface area (TPSA) is 65.5 Å². The highest BCUT2D eigenvalue weighted by molar-refractivity contribution is 8.15. The molecular weight excluding hydrogens is 357 g/mol. The first-order chi connectivity index (χ1) is 9.77. The maximum absolute atomic E-state index is 11.5. The average Bonchev–Trinajstić information content (AvgIpc) is 2.79. The predicted molar refractivity (Wildman–Crippen MR) is 83.4 cm³/mol. The molecule has 0 aliphatic carbocycles. The van der Waals surface area contributed by atoms with E-state index in [2.05, 4.69) is 4.98 Å². The van der Waals surface area contributed by atoms with Crippen molar-refractivity contribution in [2.24, 2.45) is 0 Å². The summed E-state index contributed by atoms with van der Waals surface area (Å²) in [6.45, 7) is 1.58. The lowest BCUT2D eigenvalue weighted by Crippen LogP contribution is -1.92. The smallest absolute Gasteiger partial charge is 0.272 e. The van der Waals surface area contributed by atoms with Gasteiger partial charge in [0.1, 0.15) is 5.01 Å². The molecule has 0 saturated carbocycles. The largest absolute Gasteiger partial charge is 0.493 e. The van der Waals surface area contributed by atoms with E-state index in [1.807, 2.05) is 0 Å². The number of benzene rings is 1. The lowest BCUT2D eigenvalue weighted by Gasteiger charge is -2.10. The number of aryl methyl sites for hydroxylation is 1. The van der Waals surface area contributed by atoms with Gasteiger partial charge in [-0.2, -0.15) is 0 Å². The number of hydrogen-bond donors (Lipinski definition) is 0. The van der Waals surface area contributed by atoms with Crippen molar-refractivity contribution in [2.45, 2.75) is 11.1 Å². The SMILES string of the molecule is COc1cc(-c2nc(C)c(S(=O)(=O)Cl)s2)cc(Cl)c1OC. The van der Waals surface area contributed by atoms with Gasteiger partial charge in [-0.05, 0) is 19.1 Å². The van der Waals surface area contributed by atoms with E-state index in [4.69, 9.17) is 31.8 Å². The third kappa shape index (κ3) is 3.26. The van der Waals surface area contributed by atoms with E-state index in [1.165, 1.54) is 14.2 Å². The fraction of sp³-hybridized carbons (Fsp3) is 0.250. The second kappa shape index (κ2) is 6.00. The van der Waals surface area contributed by atoms with Gasteiger partial charge < -0.3 is 9.47 Å². The molecular formula is C12H11Cl2NO4S2. The van der Waals surface area contributed by atoms with Crippen molar-refractivity contribution in [1.29, 1.82) is 0 Å². The molecule has 114 valence electrons. The molecule has 0 bridgehead atoms. The summed E-state index contributed by atoms with van der Waals surface area (Å²) in [5.41, 5.74) is 0.966. The Morgan fingerprint density at radius 2 is 1.90 bits per heavy atom. The molecule has 1 heterocycles. The predicted octanol–water partition coefficient (Wildman–Crippen LogP) is 3.72. The van der Waals surface area contributed by atoms with Gasteiger partial charge in [0.15, 0.2) is 15.7 Å². The van der Waals surface area contributed by atoms with E-state index in [9.17, 15) is 8.42 Å². The van der Waals surface area contributed by atoms with Gasteiger partial charge in [-0.15, -0.1) is 11.3 Å². The summed E-state index contributed by atoms with van der Waals surface area (Å²) in [7, 11) is 4.52. The summed E-state index contributed by atoms with van der Waals surface area (Å²) < 4.78 is 33.3. The van der Waals surface area contributed by atoms with Gasteiger partial charge in [-0.25, -0.2) is 13.4 Å². The van der Waals surface area contributed by atoms with Gasteiger partial charge in [-0.3, -0.25) is 0 Å². The van der Waals surface area contributed by atoms with Crippen molar-refractivity contribution in [3.05, 3.63) is 22.8 Å². The molecule has 2 rings (SSSR count). The summed E-state index contributed by atoms with van der Waals surface area (Å²) in [6, 6.07) is 3.30. The molecule has 0 fully saturated rings. The van der Waals surface area contributed by atoms with E-state index in [0.717, 1.165) is 11.3 Å². The zero-order chi connectivity index (χ0) is 15.8. The first-order valence-electron chi connectivity index (χ1n) is 5.62. The van der Waals surface area contributed by atoms with Crippen LogP contribution in [0, 0.1) is 6.92 Å². The van der Waals surface area contributed by atoms with Crippen LogP contribution in [0.15, 0.2) is 16.3 Å². The molecule has 0 radical (unpaired) electrons. The molecule has 2 aromatic rings. The zero-order valence-electron chi connectivity index (χ0n) is 11.3. The number of ether oxygens (including phenoxy) is 2. The van der Waals surface area contributed by atoms with Gasteiger partial charge in [0.25, 0.3) is 9.05 Å². The van der Waals surface area contributed by atoms with Crippen LogP contribution in [-0.2, 0) is 9.05 Å². The van der Waals surface area contributed by atoms with Crippen LogP contribution < -0.4 is 9.47 Å². The quantitative estimate of drug-likeness (QED) is 0.770. The maximum atomic E-state index is 11.5. The van der Waals surface area contributed by atoms with Crippen LogP contribution in [0.25, 0.3) is 10.6 Å². The van der Waals surface area contributed by atoms with Crippen LogP contribution in [0.4, 0.5) is 0 Å². The van der Waals surface area contributed by atoms with Gasteiger partial charge in [0.05, 0.1) is 24.9 Å². The Bertz CT molecular complexity index is 787. The Morgan fingerprint density at radius 3 is 2.38 bits per heavy atom. The highest BCUT2D eigenvalue weighted by atomic mass is 35.7. The van der Waals surface area contributed by atoms with Crippen LogP contribution in [0.1, 0.15) is 5.69 Å². The number of rotatable bonds is 4. The summed E-state index contributed by atoms with van der Waals surface area (Å²) in [5, 5.41) is 0.824. The Hall–Kier alpha value is -1.02. The summed E-state index contributed by atoms with van der Waals surface area (Å²) >= 11 is 7.10. The van der Waals surface area contributed by atoms with Gasteiger partial charge >= 0.3 is 0 Å². The van der Waals surface area contributed by atoms with Gasteiger partial charge in [0, 0.05) is 16.2 Å². The Balaban J connectivity index is 2.61. The van der Waals surface area contributed by atoms with Crippen molar-refractivity contribution >= 4 is 42.7 Å². The summed E-state index contributed by atoms with van der Waals surface area (Å²) in [6.07, 6.45) is 0. The fourth-order valence-corrected chi connectivity index (χ4v) is 4.50. The van der Waals surface area contributed by atoms with E-state index >= 15 is 0 Å². The highest BCUT2D eigenvalue weighted by Gasteiger charge is 2.21. The maximum Gasteiger partial charge on any atom is 0.272 e. The van der Waals surface area contributed by atoms with Crippen LogP contribution in [0.2, 0.25) is 5.02 Å². The molecule has 0 aliphatic heterocycles. The normalized spacial score (nSPS) is 11.5. The van der Waals surface area contributed by atoms with Crippen molar-refractivity contribution < 1.29 is 17.9 Å². The minimum atomic E-state index is -3.82. The number of hydrogen-bond acceptors (Lipinski definition) is 6. The number of nitrogens with zero attached hydrogens (tertiary/aromatic N) is 1. The van der Waals surface area contributed by atoms with E-state index in [1.54, 1.807) is 19.1 Å². The van der Waals surface area contributed by atoms with Crippen LogP contribution in [0.5, 0.6) is 11.5 Å². The van der Waals surface area contributed by atoms with Crippen molar-refractivity contribution in [2.75, 3.05) is 14.2 Å². The molecule has 0 saturated heterocycles. The van der Waals surface area contributed by atoms with Crippen molar-refractivity contribution in [1.82, 2.24) is 4.98 Å². The summed E-state index contributed by atoms with van der Waals surface area (Å²) in [5.74, 6) is 0.838. The second-order valence-corrected chi connectivity index (χ2v) is 8.19. The molecule has 21 heavy (non-hydrogen) atoms. The zero-order valence-corrected chi connectivity index (χ0v) is 14.5. The van der Waals surface area contributed by atoms with E-state index in [-0.39, 0.29) is 4.21 Å². The Kier molecular flexibility index (Phi) is 4.67. The first kappa shape index (κ1) is 16.4. The summed E-state index contributed by atoms with van der Waals surface area (Å²) in [4.78, 5) is 4.22. The van der Waals surface area contributed by atoms with Crippen LogP contribution in [0.3, 0.4) is 0 Å². The molecule has 0 amide bonds. The monoisotopic (exact) mass is 367 g/mol. The van der Waals surface area contributed by atoms with Crippen LogP contribution >= 0.6 is 33.6 Å². The number of aromatic nitrogens is 1. The third-order valence-electron chi connectivity index (χ3n) is 2.66. The van der Waals surface area contributed by atoms with Gasteiger partial charge in [-0.1, -0.05) is 11.6 Å². The van der Waals surface area contributed by atoms with E-state index < -0.39 is 9.05 Å². The number of methoxy groups -OCH3 is 2. The lowest BCUT2D eigenvalue weighted by molar-refractivity contribution is 0.355. The molecule has 0 aliphatic rings. The second-order valence-electron chi connectivity index (χ2n) is 4.02. The highest BCUT2D eigenvalue weighted by Crippen LogP contribution is 2.41. The first-order valence-corrected chi connectivity index (χ1v) is 9.12. The molecule has 0 atom stereocenters. The molecule has 1 aromatic heterocycles. The minimum absolute atomic E-state index is 0.0186. The van der Waals surface area contributed by atoms with Gasteiger partial charge in [0.2, 0.25) is 0 Å². The van der Waals surface area contributed by atoms with Crippen molar-refractivity contribution in [3.8, 4) is 22.1 Å². The standard InChI is InChI=1S/C12H11Cl2NO4S2/c1-6-12(21(14,16)17)20-11(15-6)7-4-8(13)10(19-3)9(5-7)18-2/h4-5H,1-3H3. The Labute approximate surface area is 135 Å². The number of thiazole rings is 1. The molecule has 0 N–H and O–H groups in total. The fourth-order valence-electron chi connectivity index (χ4n) is 1.77. The minimum Gasteiger partial charge on any atom is -0.493 e. The molecule has 0 spiro atoms. The average molecular weight is 368 g/mol.